The maximum Gasteiger partial charge on any atom is 0.408 e. The van der Waals surface area contributed by atoms with Gasteiger partial charge in [0.15, 0.2) is 17.4 Å². The second-order valence-corrected chi connectivity index (χ2v) is 3.46. The van der Waals surface area contributed by atoms with Gasteiger partial charge in [-0.1, -0.05) is 11.6 Å². The quantitative estimate of drug-likeness (QED) is 0.890. The summed E-state index contributed by atoms with van der Waals surface area (Å²) in [5, 5.41) is 10.8. The van der Waals surface area contributed by atoms with E-state index in [9.17, 15) is 22.8 Å². The molecule has 100 valence electrons. The highest BCUT2D eigenvalue weighted by Gasteiger charge is 2.29. The van der Waals surface area contributed by atoms with E-state index in [0.29, 0.717) is 0 Å². The van der Waals surface area contributed by atoms with E-state index in [2.05, 4.69) is 9.84 Å². The molecule has 1 aromatic rings. The molecule has 18 heavy (non-hydrogen) atoms. The molecule has 6 nitrogen and oxygen atoms in total. The van der Waals surface area contributed by atoms with Crippen LogP contribution in [0.1, 0.15) is 0 Å². The molecule has 1 rings (SSSR count). The molecule has 0 aliphatic rings. The van der Waals surface area contributed by atoms with Gasteiger partial charge in [-0.25, -0.2) is 9.48 Å². The number of halogens is 4. The second kappa shape index (κ2) is 5.25. The molecule has 0 aliphatic carbocycles. The van der Waals surface area contributed by atoms with Gasteiger partial charge in [0.2, 0.25) is 0 Å². The van der Waals surface area contributed by atoms with E-state index in [1.807, 2.05) is 0 Å². The minimum absolute atomic E-state index is 0.107. The summed E-state index contributed by atoms with van der Waals surface area (Å²) in [6, 6.07) is 0. The SMILES string of the molecule is O=C(O)COc1cnn(CC(F)(F)F)c(=O)c1Cl. The highest BCUT2D eigenvalue weighted by atomic mass is 35.5. The van der Waals surface area contributed by atoms with Crippen LogP contribution in [0, 0.1) is 0 Å². The summed E-state index contributed by atoms with van der Waals surface area (Å²) in [6.45, 7) is -2.38. The molecule has 10 heteroatoms. The lowest BCUT2D eigenvalue weighted by Crippen LogP contribution is -2.30. The van der Waals surface area contributed by atoms with Gasteiger partial charge in [-0.2, -0.15) is 18.3 Å². The molecular formula is C8H6ClF3N2O4. The minimum atomic E-state index is -4.62. The first-order valence-corrected chi connectivity index (χ1v) is 4.75. The number of carboxylic acid groups (broad SMARTS) is 1. The minimum Gasteiger partial charge on any atom is -0.479 e. The van der Waals surface area contributed by atoms with Crippen LogP contribution >= 0.6 is 11.6 Å². The Morgan fingerprint density at radius 3 is 2.67 bits per heavy atom. The second-order valence-electron chi connectivity index (χ2n) is 3.08. The van der Waals surface area contributed by atoms with E-state index in [1.54, 1.807) is 0 Å². The Balaban J connectivity index is 2.98. The Kier molecular flexibility index (Phi) is 4.17. The number of alkyl halides is 3. The molecule has 1 aromatic heterocycles. The zero-order valence-electron chi connectivity index (χ0n) is 8.57. The topological polar surface area (TPSA) is 81.4 Å². The maximum atomic E-state index is 12.1. The molecule has 0 atom stereocenters. The number of aromatic nitrogens is 2. The van der Waals surface area contributed by atoms with Crippen molar-refractivity contribution in [2.24, 2.45) is 0 Å². The monoisotopic (exact) mass is 286 g/mol. The predicted octanol–water partition coefficient (Wildman–Crippen LogP) is 0.922. The van der Waals surface area contributed by atoms with Crippen LogP contribution in [0.15, 0.2) is 11.0 Å². The standard InChI is InChI=1S/C8H6ClF3N2O4/c9-6-4(18-2-5(15)16)1-13-14(7(6)17)3-8(10,11)12/h1H,2-3H2,(H,15,16). The van der Waals surface area contributed by atoms with Crippen molar-refractivity contribution in [3.63, 3.8) is 0 Å². The smallest absolute Gasteiger partial charge is 0.408 e. The zero-order valence-corrected chi connectivity index (χ0v) is 9.33. The largest absolute Gasteiger partial charge is 0.479 e. The lowest BCUT2D eigenvalue weighted by Gasteiger charge is -2.10. The number of ether oxygens (including phenoxy) is 1. The lowest BCUT2D eigenvalue weighted by molar-refractivity contribution is -0.143. The number of hydrogen-bond acceptors (Lipinski definition) is 4. The molecule has 0 amide bonds. The lowest BCUT2D eigenvalue weighted by atomic mass is 10.5. The van der Waals surface area contributed by atoms with Crippen molar-refractivity contribution in [3.05, 3.63) is 21.6 Å². The van der Waals surface area contributed by atoms with Crippen molar-refractivity contribution in [2.45, 2.75) is 12.7 Å². The van der Waals surface area contributed by atoms with Crippen LogP contribution in [0.4, 0.5) is 13.2 Å². The highest BCUT2D eigenvalue weighted by molar-refractivity contribution is 6.31. The fourth-order valence-electron chi connectivity index (χ4n) is 0.973. The third-order valence-corrected chi connectivity index (χ3v) is 1.98. The van der Waals surface area contributed by atoms with Crippen molar-refractivity contribution < 1.29 is 27.8 Å². The summed E-state index contributed by atoms with van der Waals surface area (Å²) < 4.78 is 40.8. The normalized spacial score (nSPS) is 11.3. The van der Waals surface area contributed by atoms with Crippen LogP contribution in [0.25, 0.3) is 0 Å². The molecule has 0 spiro atoms. The molecule has 1 N–H and O–H groups in total. The number of hydrogen-bond donors (Lipinski definition) is 1. The number of carboxylic acids is 1. The average molecular weight is 287 g/mol. The molecule has 0 saturated carbocycles. The molecular weight excluding hydrogens is 281 g/mol. The Labute approximate surface area is 103 Å². The van der Waals surface area contributed by atoms with Gasteiger partial charge >= 0.3 is 12.1 Å². The third-order valence-electron chi connectivity index (χ3n) is 1.63. The summed E-state index contributed by atoms with van der Waals surface area (Å²) in [5.74, 6) is -1.71. The van der Waals surface area contributed by atoms with Gasteiger partial charge in [-0.15, -0.1) is 0 Å². The van der Waals surface area contributed by atoms with Gasteiger partial charge in [0.05, 0.1) is 6.20 Å². The molecule has 0 saturated heterocycles. The van der Waals surface area contributed by atoms with Gasteiger partial charge in [0.25, 0.3) is 5.56 Å². The Morgan fingerprint density at radius 2 is 2.17 bits per heavy atom. The summed E-state index contributed by atoms with van der Waals surface area (Å²) >= 11 is 5.45. The van der Waals surface area contributed by atoms with Gasteiger partial charge in [0, 0.05) is 0 Å². The number of aliphatic carboxylic acids is 1. The van der Waals surface area contributed by atoms with Gasteiger partial charge in [-0.05, 0) is 0 Å². The molecule has 0 aromatic carbocycles. The number of carbonyl (C=O) groups is 1. The van der Waals surface area contributed by atoms with Crippen LogP contribution in [0.5, 0.6) is 5.75 Å². The van der Waals surface area contributed by atoms with E-state index in [-0.39, 0.29) is 10.4 Å². The van der Waals surface area contributed by atoms with Crippen LogP contribution in [-0.2, 0) is 11.3 Å². The summed E-state index contributed by atoms with van der Waals surface area (Å²) in [5.41, 5.74) is -1.21. The van der Waals surface area contributed by atoms with E-state index in [4.69, 9.17) is 16.7 Å². The Morgan fingerprint density at radius 1 is 1.56 bits per heavy atom. The first kappa shape index (κ1) is 14.3. The fourth-order valence-corrected chi connectivity index (χ4v) is 1.17. The molecule has 1 heterocycles. The van der Waals surface area contributed by atoms with Crippen LogP contribution in [0.3, 0.4) is 0 Å². The van der Waals surface area contributed by atoms with Gasteiger partial charge in [0.1, 0.15) is 6.54 Å². The Bertz CT molecular complexity index is 514. The fraction of sp³-hybridized carbons (Fsp3) is 0.375. The van der Waals surface area contributed by atoms with E-state index >= 15 is 0 Å². The van der Waals surface area contributed by atoms with Gasteiger partial charge < -0.3 is 9.84 Å². The Hall–Kier alpha value is -1.77. The first-order valence-electron chi connectivity index (χ1n) is 4.37. The summed E-state index contributed by atoms with van der Waals surface area (Å²) in [6.07, 6.45) is -3.87. The van der Waals surface area contributed by atoms with E-state index in [0.717, 1.165) is 6.20 Å². The van der Waals surface area contributed by atoms with Crippen LogP contribution in [-0.4, -0.2) is 33.6 Å². The number of nitrogens with zero attached hydrogens (tertiary/aromatic N) is 2. The predicted molar refractivity (Wildman–Crippen MR) is 52.7 cm³/mol. The summed E-state index contributed by atoms with van der Waals surface area (Å²) in [7, 11) is 0. The average Bonchev–Trinajstić information content (AvgIpc) is 2.22. The highest BCUT2D eigenvalue weighted by Crippen LogP contribution is 2.20. The van der Waals surface area contributed by atoms with Crippen molar-refractivity contribution >= 4 is 17.6 Å². The molecule has 0 bridgehead atoms. The first-order chi connectivity index (χ1) is 8.20. The van der Waals surface area contributed by atoms with Crippen LogP contribution < -0.4 is 10.3 Å². The molecule has 0 aliphatic heterocycles. The van der Waals surface area contributed by atoms with Crippen molar-refractivity contribution in [1.82, 2.24) is 9.78 Å². The van der Waals surface area contributed by atoms with E-state index < -0.39 is 35.9 Å². The maximum absolute atomic E-state index is 12.1. The van der Waals surface area contributed by atoms with Crippen molar-refractivity contribution in [2.75, 3.05) is 6.61 Å². The third kappa shape index (κ3) is 3.91. The molecule has 0 radical (unpaired) electrons. The van der Waals surface area contributed by atoms with E-state index in [1.165, 1.54) is 0 Å². The number of rotatable bonds is 4. The molecule has 0 fully saturated rings. The molecule has 0 unspecified atom stereocenters. The zero-order chi connectivity index (χ0) is 13.9. The van der Waals surface area contributed by atoms with Crippen molar-refractivity contribution in [1.29, 1.82) is 0 Å². The van der Waals surface area contributed by atoms with Crippen molar-refractivity contribution in [3.8, 4) is 5.75 Å². The van der Waals surface area contributed by atoms with Crippen LogP contribution in [0.2, 0.25) is 5.02 Å². The van der Waals surface area contributed by atoms with Gasteiger partial charge in [-0.3, -0.25) is 4.79 Å². The summed E-state index contributed by atoms with van der Waals surface area (Å²) in [4.78, 5) is 21.6.